The molecule has 17 heavy (non-hydrogen) atoms. The fourth-order valence-corrected chi connectivity index (χ4v) is 2.63. The second-order valence-corrected chi connectivity index (χ2v) is 4.94. The van der Waals surface area contributed by atoms with Crippen LogP contribution in [0.3, 0.4) is 0 Å². The molecule has 1 aliphatic rings. The Morgan fingerprint density at radius 2 is 2.12 bits per heavy atom. The highest BCUT2D eigenvalue weighted by Gasteiger charge is 2.21. The van der Waals surface area contributed by atoms with E-state index in [2.05, 4.69) is 0 Å². The molecule has 0 aromatic heterocycles. The van der Waals surface area contributed by atoms with Gasteiger partial charge in [0, 0.05) is 29.8 Å². The van der Waals surface area contributed by atoms with Gasteiger partial charge in [0.05, 0.1) is 0 Å². The molecule has 94 valence electrons. The molecule has 0 bridgehead atoms. The van der Waals surface area contributed by atoms with Crippen molar-refractivity contribution in [1.82, 2.24) is 0 Å². The van der Waals surface area contributed by atoms with Crippen LogP contribution in [-0.2, 0) is 4.74 Å². The first-order valence-electron chi connectivity index (χ1n) is 5.95. The van der Waals surface area contributed by atoms with Crippen molar-refractivity contribution < 1.29 is 9.13 Å². The third kappa shape index (κ3) is 3.18. The van der Waals surface area contributed by atoms with Gasteiger partial charge >= 0.3 is 0 Å². The highest BCUT2D eigenvalue weighted by atomic mass is 35.5. The highest BCUT2D eigenvalue weighted by molar-refractivity contribution is 6.31. The molecule has 0 amide bonds. The van der Waals surface area contributed by atoms with Crippen molar-refractivity contribution in [3.05, 3.63) is 34.6 Å². The number of benzene rings is 1. The van der Waals surface area contributed by atoms with Gasteiger partial charge in [-0.1, -0.05) is 17.7 Å². The first-order chi connectivity index (χ1) is 8.18. The summed E-state index contributed by atoms with van der Waals surface area (Å²) in [6, 6.07) is 4.36. The minimum Gasteiger partial charge on any atom is -0.381 e. The Hall–Kier alpha value is -0.640. The molecule has 2 N–H and O–H groups in total. The molecular weight excluding hydrogens is 241 g/mol. The molecule has 4 heteroatoms. The lowest BCUT2D eigenvalue weighted by atomic mass is 9.90. The molecule has 1 heterocycles. The smallest absolute Gasteiger partial charge is 0.129 e. The maximum absolute atomic E-state index is 13.7. The molecule has 0 aliphatic carbocycles. The zero-order chi connectivity index (χ0) is 12.3. The lowest BCUT2D eigenvalue weighted by molar-refractivity contribution is 0.0617. The van der Waals surface area contributed by atoms with Crippen LogP contribution in [0.5, 0.6) is 0 Å². The van der Waals surface area contributed by atoms with Crippen LogP contribution in [0.4, 0.5) is 4.39 Å². The predicted octanol–water partition coefficient (Wildman–Crippen LogP) is 3.30. The Kier molecular flexibility index (Phi) is 4.37. The number of hydrogen-bond donors (Lipinski definition) is 1. The summed E-state index contributed by atoms with van der Waals surface area (Å²) in [7, 11) is 0. The lowest BCUT2D eigenvalue weighted by Crippen LogP contribution is -2.22. The lowest BCUT2D eigenvalue weighted by Gasteiger charge is -2.25. The van der Waals surface area contributed by atoms with Crippen molar-refractivity contribution in [3.63, 3.8) is 0 Å². The van der Waals surface area contributed by atoms with E-state index in [1.165, 1.54) is 6.07 Å². The van der Waals surface area contributed by atoms with E-state index in [1.54, 1.807) is 12.1 Å². The summed E-state index contributed by atoms with van der Waals surface area (Å²) >= 11 is 6.00. The fraction of sp³-hybridized carbons (Fsp3) is 0.538. The highest BCUT2D eigenvalue weighted by Crippen LogP contribution is 2.31. The van der Waals surface area contributed by atoms with Crippen LogP contribution in [0, 0.1) is 11.7 Å². The van der Waals surface area contributed by atoms with Gasteiger partial charge in [0.15, 0.2) is 0 Å². The minimum atomic E-state index is -0.327. The maximum atomic E-state index is 13.7. The number of halogens is 2. The standard InChI is InChI=1S/C13H17ClFNO/c14-10-2-1-3-11(15)13(10)12(16)8-9-4-6-17-7-5-9/h1-3,9,12H,4-8,16H2. The molecule has 0 spiro atoms. The van der Waals surface area contributed by atoms with E-state index in [9.17, 15) is 4.39 Å². The number of hydrogen-bond acceptors (Lipinski definition) is 2. The van der Waals surface area contributed by atoms with E-state index >= 15 is 0 Å². The Morgan fingerprint density at radius 1 is 1.41 bits per heavy atom. The van der Waals surface area contributed by atoms with Crippen molar-refractivity contribution in [2.75, 3.05) is 13.2 Å². The van der Waals surface area contributed by atoms with E-state index in [0.29, 0.717) is 16.5 Å². The predicted molar refractivity (Wildman–Crippen MR) is 66.5 cm³/mol. The molecule has 1 aliphatic heterocycles. The molecule has 1 aromatic rings. The summed E-state index contributed by atoms with van der Waals surface area (Å²) in [5.74, 6) is 0.200. The van der Waals surface area contributed by atoms with Crippen LogP contribution in [0.2, 0.25) is 5.02 Å². The molecule has 1 fully saturated rings. The molecule has 1 unspecified atom stereocenters. The largest absolute Gasteiger partial charge is 0.381 e. The van der Waals surface area contributed by atoms with Crippen LogP contribution in [-0.4, -0.2) is 13.2 Å². The van der Waals surface area contributed by atoms with Crippen molar-refractivity contribution in [2.24, 2.45) is 11.7 Å². The maximum Gasteiger partial charge on any atom is 0.129 e. The molecule has 0 saturated carbocycles. The average Bonchev–Trinajstić information content (AvgIpc) is 2.30. The molecule has 1 atom stereocenters. The van der Waals surface area contributed by atoms with Gasteiger partial charge in [-0.25, -0.2) is 4.39 Å². The number of ether oxygens (including phenoxy) is 1. The van der Waals surface area contributed by atoms with Gasteiger partial charge in [-0.05, 0) is 37.3 Å². The second kappa shape index (κ2) is 5.80. The number of nitrogens with two attached hydrogens (primary N) is 1. The van der Waals surface area contributed by atoms with Gasteiger partial charge in [0.1, 0.15) is 5.82 Å². The fourth-order valence-electron chi connectivity index (χ4n) is 2.32. The van der Waals surface area contributed by atoms with Crippen LogP contribution >= 0.6 is 11.6 Å². The molecule has 1 saturated heterocycles. The molecule has 2 nitrogen and oxygen atoms in total. The van der Waals surface area contributed by atoms with Crippen LogP contribution in [0.25, 0.3) is 0 Å². The molecule has 1 aromatic carbocycles. The quantitative estimate of drug-likeness (QED) is 0.902. The summed E-state index contributed by atoms with van der Waals surface area (Å²) in [4.78, 5) is 0. The van der Waals surface area contributed by atoms with E-state index in [0.717, 1.165) is 32.5 Å². The Bertz CT molecular complexity index is 359. The SMILES string of the molecule is NC(CC1CCOCC1)c1c(F)cccc1Cl. The molecular formula is C13H17ClFNO. The number of rotatable bonds is 3. The van der Waals surface area contributed by atoms with Crippen molar-refractivity contribution in [1.29, 1.82) is 0 Å². The summed E-state index contributed by atoms with van der Waals surface area (Å²) in [6.07, 6.45) is 2.77. The first-order valence-corrected chi connectivity index (χ1v) is 6.33. The summed E-state index contributed by atoms with van der Waals surface area (Å²) in [6.45, 7) is 1.56. The van der Waals surface area contributed by atoms with E-state index in [-0.39, 0.29) is 11.9 Å². The molecule has 0 radical (unpaired) electrons. The van der Waals surface area contributed by atoms with Crippen LogP contribution in [0.1, 0.15) is 30.9 Å². The Balaban J connectivity index is 2.05. The second-order valence-electron chi connectivity index (χ2n) is 4.53. The van der Waals surface area contributed by atoms with Gasteiger partial charge in [0.25, 0.3) is 0 Å². The summed E-state index contributed by atoms with van der Waals surface area (Å²) < 4.78 is 19.0. The Labute approximate surface area is 106 Å². The summed E-state index contributed by atoms with van der Waals surface area (Å²) in [5, 5.41) is 0.421. The van der Waals surface area contributed by atoms with E-state index in [4.69, 9.17) is 22.1 Å². The third-order valence-electron chi connectivity index (χ3n) is 3.30. The van der Waals surface area contributed by atoms with Gasteiger partial charge in [0.2, 0.25) is 0 Å². The van der Waals surface area contributed by atoms with Crippen molar-refractivity contribution in [2.45, 2.75) is 25.3 Å². The zero-order valence-electron chi connectivity index (χ0n) is 9.66. The first kappa shape index (κ1) is 12.8. The van der Waals surface area contributed by atoms with Gasteiger partial charge < -0.3 is 10.5 Å². The van der Waals surface area contributed by atoms with Gasteiger partial charge in [-0.2, -0.15) is 0 Å². The zero-order valence-corrected chi connectivity index (χ0v) is 10.4. The molecule has 2 rings (SSSR count). The van der Waals surface area contributed by atoms with Crippen LogP contribution < -0.4 is 5.73 Å². The van der Waals surface area contributed by atoms with Crippen molar-refractivity contribution >= 4 is 11.6 Å². The van der Waals surface area contributed by atoms with E-state index in [1.807, 2.05) is 0 Å². The van der Waals surface area contributed by atoms with Gasteiger partial charge in [-0.3, -0.25) is 0 Å². The van der Waals surface area contributed by atoms with Crippen LogP contribution in [0.15, 0.2) is 18.2 Å². The van der Waals surface area contributed by atoms with Gasteiger partial charge in [-0.15, -0.1) is 0 Å². The normalized spacial score (nSPS) is 19.2. The summed E-state index contributed by atoms with van der Waals surface area (Å²) in [5.41, 5.74) is 6.51. The monoisotopic (exact) mass is 257 g/mol. The third-order valence-corrected chi connectivity index (χ3v) is 3.63. The van der Waals surface area contributed by atoms with Crippen molar-refractivity contribution in [3.8, 4) is 0 Å². The topological polar surface area (TPSA) is 35.2 Å². The Morgan fingerprint density at radius 3 is 2.76 bits per heavy atom. The minimum absolute atomic E-state index is 0.308. The average molecular weight is 258 g/mol. The van der Waals surface area contributed by atoms with E-state index < -0.39 is 0 Å².